The molecule has 0 aliphatic carbocycles. The molecular weight excluding hydrogens is 379 g/mol. The lowest BCUT2D eigenvalue weighted by molar-refractivity contribution is 0.0950. The Morgan fingerprint density at radius 3 is 2.70 bits per heavy atom. The van der Waals surface area contributed by atoms with Crippen LogP contribution >= 0.6 is 0 Å². The highest BCUT2D eigenvalue weighted by Crippen LogP contribution is 2.33. The maximum Gasteiger partial charge on any atom is 0.251 e. The topological polar surface area (TPSA) is 51.2 Å². The number of carbonyl (C=O) groups excluding carboxylic acids is 1. The first-order valence-electron chi connectivity index (χ1n) is 9.61. The van der Waals surface area contributed by atoms with Crippen molar-refractivity contribution in [1.29, 1.82) is 0 Å². The summed E-state index contributed by atoms with van der Waals surface area (Å²) in [7, 11) is 1.66. The highest BCUT2D eigenvalue weighted by Gasteiger charge is 2.11. The summed E-state index contributed by atoms with van der Waals surface area (Å²) < 4.78 is 18.8. The van der Waals surface area contributed by atoms with Gasteiger partial charge in [0.25, 0.3) is 5.91 Å². The molecule has 0 aliphatic heterocycles. The quantitative estimate of drug-likeness (QED) is 0.495. The third kappa shape index (κ3) is 3.87. The second-order valence-corrected chi connectivity index (χ2v) is 7.07. The lowest BCUT2D eigenvalue weighted by Crippen LogP contribution is -2.23. The zero-order valence-corrected chi connectivity index (χ0v) is 16.8. The highest BCUT2D eigenvalue weighted by atomic mass is 19.1. The number of aromatic nitrogens is 1. The largest absolute Gasteiger partial charge is 0.496 e. The van der Waals surface area contributed by atoms with Crippen LogP contribution in [0.4, 0.5) is 4.39 Å². The Morgan fingerprint density at radius 2 is 1.93 bits per heavy atom. The second-order valence-electron chi connectivity index (χ2n) is 7.07. The first kappa shape index (κ1) is 19.6. The van der Waals surface area contributed by atoms with E-state index in [4.69, 9.17) is 4.74 Å². The van der Waals surface area contributed by atoms with E-state index >= 15 is 0 Å². The van der Waals surface area contributed by atoms with Gasteiger partial charge in [-0.15, -0.1) is 0 Å². The van der Waals surface area contributed by atoms with Crippen LogP contribution in [0.15, 0.2) is 73.1 Å². The van der Waals surface area contributed by atoms with E-state index in [2.05, 4.69) is 16.4 Å². The number of benzene rings is 3. The molecule has 0 bridgehead atoms. The highest BCUT2D eigenvalue weighted by molar-refractivity contribution is 5.99. The van der Waals surface area contributed by atoms with Crippen LogP contribution in [0, 0.1) is 12.7 Å². The van der Waals surface area contributed by atoms with Crippen LogP contribution in [0.5, 0.6) is 5.75 Å². The fraction of sp³-hybridized carbons (Fsp3) is 0.120. The molecule has 0 saturated carbocycles. The molecule has 0 radical (unpaired) electrons. The summed E-state index contributed by atoms with van der Waals surface area (Å²) in [5.41, 5.74) is 4.46. The van der Waals surface area contributed by atoms with Crippen molar-refractivity contribution in [3.63, 3.8) is 0 Å². The third-order valence-electron chi connectivity index (χ3n) is 5.14. The number of amides is 1. The maximum atomic E-state index is 13.4. The van der Waals surface area contributed by atoms with Gasteiger partial charge in [-0.1, -0.05) is 24.3 Å². The van der Waals surface area contributed by atoms with E-state index in [9.17, 15) is 9.18 Å². The second kappa shape index (κ2) is 8.33. The van der Waals surface area contributed by atoms with Gasteiger partial charge in [-0.25, -0.2) is 4.39 Å². The van der Waals surface area contributed by atoms with Crippen molar-refractivity contribution in [2.24, 2.45) is 0 Å². The fourth-order valence-corrected chi connectivity index (χ4v) is 3.61. The molecule has 0 atom stereocenters. The normalized spacial score (nSPS) is 10.8. The van der Waals surface area contributed by atoms with Gasteiger partial charge >= 0.3 is 0 Å². The molecule has 3 aromatic carbocycles. The number of nitrogens with zero attached hydrogens (tertiary/aromatic N) is 1. The Labute approximate surface area is 174 Å². The Balaban J connectivity index is 1.66. The van der Waals surface area contributed by atoms with Crippen LogP contribution in [0.1, 0.15) is 21.5 Å². The lowest BCUT2D eigenvalue weighted by Gasteiger charge is -2.13. The average molecular weight is 400 g/mol. The number of methoxy groups -OCH3 is 1. The van der Waals surface area contributed by atoms with Crippen LogP contribution in [0.3, 0.4) is 0 Å². The van der Waals surface area contributed by atoms with Gasteiger partial charge in [0, 0.05) is 29.9 Å². The molecule has 4 nitrogen and oxygen atoms in total. The average Bonchev–Trinajstić information content (AvgIpc) is 2.77. The molecule has 1 aromatic heterocycles. The van der Waals surface area contributed by atoms with Gasteiger partial charge in [0.05, 0.1) is 7.11 Å². The van der Waals surface area contributed by atoms with Gasteiger partial charge in [-0.2, -0.15) is 0 Å². The van der Waals surface area contributed by atoms with Gasteiger partial charge < -0.3 is 10.1 Å². The van der Waals surface area contributed by atoms with E-state index in [1.54, 1.807) is 25.6 Å². The van der Waals surface area contributed by atoms with Crippen molar-refractivity contribution in [3.8, 4) is 16.9 Å². The number of hydrogen-bond acceptors (Lipinski definition) is 3. The monoisotopic (exact) mass is 400 g/mol. The Kier molecular flexibility index (Phi) is 5.44. The minimum Gasteiger partial charge on any atom is -0.496 e. The van der Waals surface area contributed by atoms with Crippen molar-refractivity contribution < 1.29 is 13.9 Å². The Hall–Kier alpha value is -3.73. The number of fused-ring (bicyclic) bond motifs is 1. The predicted molar refractivity (Wildman–Crippen MR) is 116 cm³/mol. The van der Waals surface area contributed by atoms with Crippen LogP contribution in [0.25, 0.3) is 21.9 Å². The molecular formula is C25H21FN2O2. The first-order valence-corrected chi connectivity index (χ1v) is 9.61. The number of carbonyl (C=O) groups is 1. The molecule has 5 heteroatoms. The van der Waals surface area contributed by atoms with E-state index in [-0.39, 0.29) is 5.91 Å². The fourth-order valence-electron chi connectivity index (χ4n) is 3.61. The molecule has 0 spiro atoms. The summed E-state index contributed by atoms with van der Waals surface area (Å²) in [4.78, 5) is 16.7. The Bertz CT molecular complexity index is 1240. The standard InChI is InChI=1S/C25H21FN2O2/c1-16-12-17(7-9-24(16)30-2)21-8-6-19(23-15-27-11-10-22(21)23)14-28-25(29)18-4-3-5-20(26)13-18/h3-13,15H,14H2,1-2H3,(H,28,29). The molecule has 0 fully saturated rings. The van der Waals surface area contributed by atoms with Crippen molar-refractivity contribution in [1.82, 2.24) is 10.3 Å². The summed E-state index contributed by atoms with van der Waals surface area (Å²) in [5, 5.41) is 4.88. The van der Waals surface area contributed by atoms with Crippen molar-refractivity contribution in [2.45, 2.75) is 13.5 Å². The van der Waals surface area contributed by atoms with Crippen molar-refractivity contribution in [2.75, 3.05) is 7.11 Å². The van der Waals surface area contributed by atoms with Gasteiger partial charge in [-0.05, 0) is 71.0 Å². The van der Waals surface area contributed by atoms with Crippen LogP contribution < -0.4 is 10.1 Å². The van der Waals surface area contributed by atoms with E-state index in [0.29, 0.717) is 12.1 Å². The smallest absolute Gasteiger partial charge is 0.251 e. The number of ether oxygens (including phenoxy) is 1. The zero-order valence-electron chi connectivity index (χ0n) is 16.8. The first-order chi connectivity index (χ1) is 14.6. The zero-order chi connectivity index (χ0) is 21.1. The number of nitrogens with one attached hydrogen (secondary N) is 1. The summed E-state index contributed by atoms with van der Waals surface area (Å²) in [6.07, 6.45) is 3.57. The van der Waals surface area contributed by atoms with Gasteiger partial charge in [0.15, 0.2) is 0 Å². The van der Waals surface area contributed by atoms with Gasteiger partial charge in [0.1, 0.15) is 11.6 Å². The molecule has 0 saturated heterocycles. The number of halogens is 1. The number of pyridine rings is 1. The van der Waals surface area contributed by atoms with E-state index < -0.39 is 5.82 Å². The Morgan fingerprint density at radius 1 is 1.07 bits per heavy atom. The number of aryl methyl sites for hydroxylation is 1. The molecule has 4 aromatic rings. The predicted octanol–water partition coefficient (Wildman–Crippen LogP) is 5.29. The third-order valence-corrected chi connectivity index (χ3v) is 5.14. The molecule has 150 valence electrons. The minimum absolute atomic E-state index is 0.294. The van der Waals surface area contributed by atoms with Crippen molar-refractivity contribution in [3.05, 3.63) is 95.6 Å². The molecule has 1 N–H and O–H groups in total. The molecule has 30 heavy (non-hydrogen) atoms. The minimum atomic E-state index is -0.434. The summed E-state index contributed by atoms with van der Waals surface area (Å²) >= 11 is 0. The van der Waals surface area contributed by atoms with Crippen molar-refractivity contribution >= 4 is 16.7 Å². The SMILES string of the molecule is COc1ccc(-c2ccc(CNC(=O)c3cccc(F)c3)c3cnccc23)cc1C. The molecule has 1 heterocycles. The molecule has 0 aliphatic rings. The van der Waals surface area contributed by atoms with E-state index in [0.717, 1.165) is 38.8 Å². The maximum absolute atomic E-state index is 13.4. The summed E-state index contributed by atoms with van der Waals surface area (Å²) in [6.45, 7) is 2.34. The van der Waals surface area contributed by atoms with E-state index in [1.165, 1.54) is 18.2 Å². The van der Waals surface area contributed by atoms with Crippen LogP contribution in [-0.4, -0.2) is 18.0 Å². The van der Waals surface area contributed by atoms with Crippen LogP contribution in [0.2, 0.25) is 0 Å². The summed E-state index contributed by atoms with van der Waals surface area (Å²) in [6, 6.07) is 17.8. The molecule has 1 amide bonds. The number of hydrogen-bond donors (Lipinski definition) is 1. The molecule has 0 unspecified atom stereocenters. The summed E-state index contributed by atoms with van der Waals surface area (Å²) in [5.74, 6) is 0.0965. The van der Waals surface area contributed by atoms with Gasteiger partial charge in [0.2, 0.25) is 0 Å². The lowest BCUT2D eigenvalue weighted by atomic mass is 9.95. The number of rotatable bonds is 5. The van der Waals surface area contributed by atoms with E-state index in [1.807, 2.05) is 37.3 Å². The van der Waals surface area contributed by atoms with Crippen LogP contribution in [-0.2, 0) is 6.54 Å². The van der Waals surface area contributed by atoms with Gasteiger partial charge in [-0.3, -0.25) is 9.78 Å². The molecule has 4 rings (SSSR count).